The zero-order chi connectivity index (χ0) is 17.6. The number of rotatable bonds is 6. The monoisotopic (exact) mass is 362 g/mol. The van der Waals surface area contributed by atoms with Gasteiger partial charge in [-0.05, 0) is 67.6 Å². The van der Waals surface area contributed by atoms with E-state index in [9.17, 15) is 4.79 Å². The van der Waals surface area contributed by atoms with Crippen molar-refractivity contribution in [1.29, 1.82) is 0 Å². The fraction of sp³-hybridized carbons (Fsp3) is 0.556. The van der Waals surface area contributed by atoms with Crippen LogP contribution in [0.2, 0.25) is 0 Å². The van der Waals surface area contributed by atoms with Crippen molar-refractivity contribution in [3.8, 4) is 0 Å². The number of ether oxygens (including phenoxy) is 1. The SMILES string of the molecule is COCCNC(=O)Nc1ccc(NC(=S)NC2CC3CCC2C3)cc1. The van der Waals surface area contributed by atoms with Gasteiger partial charge < -0.3 is 26.0 Å². The lowest BCUT2D eigenvalue weighted by Crippen LogP contribution is -2.40. The highest BCUT2D eigenvalue weighted by Gasteiger charge is 2.39. The largest absolute Gasteiger partial charge is 0.383 e. The van der Waals surface area contributed by atoms with Crippen LogP contribution in [0, 0.1) is 11.8 Å². The maximum atomic E-state index is 11.7. The number of hydrogen-bond acceptors (Lipinski definition) is 3. The number of fused-ring (bicyclic) bond motifs is 2. The third-order valence-corrected chi connectivity index (χ3v) is 5.27. The van der Waals surface area contributed by atoms with E-state index in [1.165, 1.54) is 25.7 Å². The van der Waals surface area contributed by atoms with Crippen LogP contribution in [0.5, 0.6) is 0 Å². The molecule has 4 N–H and O–H groups in total. The summed E-state index contributed by atoms with van der Waals surface area (Å²) in [7, 11) is 1.60. The molecule has 2 fully saturated rings. The van der Waals surface area contributed by atoms with E-state index in [1.54, 1.807) is 7.11 Å². The lowest BCUT2D eigenvalue weighted by molar-refractivity contribution is 0.198. The average molecular weight is 362 g/mol. The number of carbonyl (C=O) groups is 1. The van der Waals surface area contributed by atoms with Gasteiger partial charge in [-0.25, -0.2) is 4.79 Å². The molecule has 0 aliphatic heterocycles. The highest BCUT2D eigenvalue weighted by molar-refractivity contribution is 7.80. The quantitative estimate of drug-likeness (QED) is 0.462. The van der Waals surface area contributed by atoms with Crippen LogP contribution in [-0.4, -0.2) is 37.4 Å². The van der Waals surface area contributed by atoms with Gasteiger partial charge >= 0.3 is 6.03 Å². The summed E-state index contributed by atoms with van der Waals surface area (Å²) in [4.78, 5) is 11.7. The van der Waals surface area contributed by atoms with E-state index in [0.29, 0.717) is 24.3 Å². The Hall–Kier alpha value is -1.86. The maximum absolute atomic E-state index is 11.7. The van der Waals surface area contributed by atoms with Crippen molar-refractivity contribution in [1.82, 2.24) is 10.6 Å². The van der Waals surface area contributed by atoms with Gasteiger partial charge in [0.1, 0.15) is 0 Å². The van der Waals surface area contributed by atoms with Gasteiger partial charge in [0.25, 0.3) is 0 Å². The van der Waals surface area contributed by atoms with E-state index in [-0.39, 0.29) is 6.03 Å². The zero-order valence-electron chi connectivity index (χ0n) is 14.5. The molecule has 0 radical (unpaired) electrons. The molecule has 0 aromatic heterocycles. The Morgan fingerprint density at radius 1 is 1.16 bits per heavy atom. The smallest absolute Gasteiger partial charge is 0.319 e. The molecule has 0 spiro atoms. The number of amides is 2. The molecule has 6 nitrogen and oxygen atoms in total. The third kappa shape index (κ3) is 5.06. The second kappa shape index (κ2) is 8.49. The van der Waals surface area contributed by atoms with Gasteiger partial charge in [0.15, 0.2) is 5.11 Å². The predicted octanol–water partition coefficient (Wildman–Crippen LogP) is 2.93. The zero-order valence-corrected chi connectivity index (χ0v) is 15.3. The maximum Gasteiger partial charge on any atom is 0.319 e. The number of nitrogens with one attached hydrogen (secondary N) is 4. The van der Waals surface area contributed by atoms with Gasteiger partial charge in [0, 0.05) is 31.1 Å². The first-order valence-electron chi connectivity index (χ1n) is 8.85. The number of carbonyl (C=O) groups excluding carboxylic acids is 1. The lowest BCUT2D eigenvalue weighted by Gasteiger charge is -2.24. The molecule has 1 aromatic carbocycles. The van der Waals surface area contributed by atoms with E-state index >= 15 is 0 Å². The Kier molecular flexibility index (Phi) is 6.09. The van der Waals surface area contributed by atoms with Crippen LogP contribution in [0.4, 0.5) is 16.2 Å². The molecule has 2 aliphatic rings. The number of thiocarbonyl (C=S) groups is 1. The molecular formula is C18H26N4O2S. The minimum atomic E-state index is -0.244. The van der Waals surface area contributed by atoms with Crippen molar-refractivity contribution in [2.45, 2.75) is 31.7 Å². The Morgan fingerprint density at radius 2 is 1.88 bits per heavy atom. The predicted molar refractivity (Wildman–Crippen MR) is 104 cm³/mol. The minimum Gasteiger partial charge on any atom is -0.383 e. The highest BCUT2D eigenvalue weighted by atomic mass is 32.1. The van der Waals surface area contributed by atoms with Crippen molar-refractivity contribution in [2.24, 2.45) is 11.8 Å². The van der Waals surface area contributed by atoms with Crippen molar-refractivity contribution >= 4 is 34.7 Å². The van der Waals surface area contributed by atoms with Crippen LogP contribution < -0.4 is 21.3 Å². The minimum absolute atomic E-state index is 0.244. The molecule has 2 amide bonds. The van der Waals surface area contributed by atoms with E-state index in [2.05, 4.69) is 21.3 Å². The molecule has 136 valence electrons. The molecule has 2 bridgehead atoms. The molecule has 25 heavy (non-hydrogen) atoms. The summed E-state index contributed by atoms with van der Waals surface area (Å²) in [5, 5.41) is 12.9. The summed E-state index contributed by atoms with van der Waals surface area (Å²) >= 11 is 5.44. The molecule has 3 unspecified atom stereocenters. The van der Waals surface area contributed by atoms with Crippen LogP contribution in [0.3, 0.4) is 0 Å². The molecular weight excluding hydrogens is 336 g/mol. The normalized spacial score (nSPS) is 24.0. The Balaban J connectivity index is 1.42. The van der Waals surface area contributed by atoms with Gasteiger partial charge in [0.05, 0.1) is 6.61 Å². The van der Waals surface area contributed by atoms with Crippen molar-refractivity contribution in [2.75, 3.05) is 30.9 Å². The first kappa shape index (κ1) is 17.9. The summed E-state index contributed by atoms with van der Waals surface area (Å²) in [5.74, 6) is 1.68. The molecule has 0 saturated heterocycles. The van der Waals surface area contributed by atoms with E-state index < -0.39 is 0 Å². The molecule has 1 aromatic rings. The third-order valence-electron chi connectivity index (χ3n) is 5.05. The second-order valence-corrected chi connectivity index (χ2v) is 7.24. The van der Waals surface area contributed by atoms with Crippen LogP contribution in [-0.2, 0) is 4.74 Å². The fourth-order valence-corrected chi connectivity index (χ4v) is 4.11. The molecule has 2 aliphatic carbocycles. The fourth-order valence-electron chi connectivity index (χ4n) is 3.84. The first-order chi connectivity index (χ1) is 12.1. The summed E-state index contributed by atoms with van der Waals surface area (Å²) in [6, 6.07) is 7.78. The van der Waals surface area contributed by atoms with E-state index in [4.69, 9.17) is 17.0 Å². The Labute approximate surface area is 154 Å². The molecule has 3 rings (SSSR count). The summed E-state index contributed by atoms with van der Waals surface area (Å²) in [6.07, 6.45) is 5.31. The van der Waals surface area contributed by atoms with E-state index in [1.807, 2.05) is 24.3 Å². The Morgan fingerprint density at radius 3 is 2.48 bits per heavy atom. The van der Waals surface area contributed by atoms with Crippen LogP contribution >= 0.6 is 12.2 Å². The summed E-state index contributed by atoms with van der Waals surface area (Å²) < 4.78 is 4.89. The highest BCUT2D eigenvalue weighted by Crippen LogP contribution is 2.44. The second-order valence-electron chi connectivity index (χ2n) is 6.83. The first-order valence-corrected chi connectivity index (χ1v) is 9.26. The van der Waals surface area contributed by atoms with Gasteiger partial charge in [-0.3, -0.25) is 0 Å². The van der Waals surface area contributed by atoms with E-state index in [0.717, 1.165) is 23.2 Å². The average Bonchev–Trinajstić information content (AvgIpc) is 3.20. The van der Waals surface area contributed by atoms with Gasteiger partial charge in [-0.1, -0.05) is 6.42 Å². The summed E-state index contributed by atoms with van der Waals surface area (Å²) in [5.41, 5.74) is 1.64. The van der Waals surface area contributed by atoms with Gasteiger partial charge in [-0.2, -0.15) is 0 Å². The van der Waals surface area contributed by atoms with Gasteiger partial charge in [-0.15, -0.1) is 0 Å². The number of hydrogen-bond donors (Lipinski definition) is 4. The van der Waals surface area contributed by atoms with Crippen molar-refractivity contribution < 1.29 is 9.53 Å². The van der Waals surface area contributed by atoms with Crippen LogP contribution in [0.15, 0.2) is 24.3 Å². The number of benzene rings is 1. The number of urea groups is 1. The molecule has 2 saturated carbocycles. The standard InChI is InChI=1S/C18H26N4O2S/c1-24-9-8-19-17(23)20-14-4-6-15(7-5-14)21-18(25)22-16-11-12-2-3-13(16)10-12/h4-7,12-13,16H,2-3,8-11H2,1H3,(H2,19,20,23)(H2,21,22,25). The number of methoxy groups -OCH3 is 1. The molecule has 3 atom stereocenters. The Bertz CT molecular complexity index is 608. The lowest BCUT2D eigenvalue weighted by atomic mass is 9.96. The summed E-state index contributed by atoms with van der Waals surface area (Å²) in [6.45, 7) is 0.967. The van der Waals surface area contributed by atoms with Gasteiger partial charge in [0.2, 0.25) is 0 Å². The van der Waals surface area contributed by atoms with Crippen molar-refractivity contribution in [3.05, 3.63) is 24.3 Å². The van der Waals surface area contributed by atoms with Crippen LogP contribution in [0.1, 0.15) is 25.7 Å². The molecule has 7 heteroatoms. The molecule has 0 heterocycles. The van der Waals surface area contributed by atoms with Crippen LogP contribution in [0.25, 0.3) is 0 Å². The van der Waals surface area contributed by atoms with Crippen molar-refractivity contribution in [3.63, 3.8) is 0 Å². The topological polar surface area (TPSA) is 74.4 Å². The number of anilines is 2.